The van der Waals surface area contributed by atoms with Gasteiger partial charge in [0.15, 0.2) is 0 Å². The summed E-state index contributed by atoms with van der Waals surface area (Å²) in [6.07, 6.45) is 7.70. The van der Waals surface area contributed by atoms with Gasteiger partial charge in [-0.1, -0.05) is 18.2 Å². The lowest BCUT2D eigenvalue weighted by Crippen LogP contribution is -2.60. The van der Waals surface area contributed by atoms with Gasteiger partial charge in [-0.25, -0.2) is 9.97 Å². The quantitative estimate of drug-likeness (QED) is 0.506. The highest BCUT2D eigenvalue weighted by Gasteiger charge is 2.37. The minimum atomic E-state index is 0.0549. The Morgan fingerprint density at radius 2 is 1.94 bits per heavy atom. The number of allylic oxidation sites excluding steroid dienone is 1. The van der Waals surface area contributed by atoms with Crippen LogP contribution in [0.1, 0.15) is 53.0 Å². The van der Waals surface area contributed by atoms with Crippen LogP contribution in [0, 0.1) is 11.3 Å². The van der Waals surface area contributed by atoms with Gasteiger partial charge < -0.3 is 15.6 Å². The van der Waals surface area contributed by atoms with Crippen molar-refractivity contribution in [3.63, 3.8) is 0 Å². The summed E-state index contributed by atoms with van der Waals surface area (Å²) in [4.78, 5) is 12.7. The summed E-state index contributed by atoms with van der Waals surface area (Å²) in [6.45, 7) is 10.8. The maximum Gasteiger partial charge on any atom is 0.223 e. The monoisotopic (exact) mass is 414 g/mol. The number of anilines is 1. The van der Waals surface area contributed by atoms with Crippen LogP contribution in [0.4, 0.5) is 5.95 Å². The van der Waals surface area contributed by atoms with Crippen molar-refractivity contribution < 1.29 is 0 Å². The Balaban J connectivity index is 1.64. The van der Waals surface area contributed by atoms with Crippen LogP contribution in [0.2, 0.25) is 0 Å². The molecule has 0 spiro atoms. The molecule has 4 rings (SSSR count). The highest BCUT2D eigenvalue weighted by molar-refractivity contribution is 5.99. The van der Waals surface area contributed by atoms with Crippen molar-refractivity contribution in [2.24, 2.45) is 0 Å². The Hall–Kier alpha value is -3.17. The Bertz CT molecular complexity index is 1160. The minimum Gasteiger partial charge on any atom is -0.360 e. The number of aromatic nitrogens is 3. The standard InChI is InChI=1S/C25H30N6/c1-16(14-26)11-17-7-6-8-19-20(15-28-22(17)19)21-9-10-27-23(30-21)29-18-12-24(2,3)31-25(4,5)13-18/h6-11,15,18,28,31H,12-13H2,1-5H3,(H,27,29,30). The number of nitrogens with zero attached hydrogens (tertiary/aromatic N) is 3. The Labute approximate surface area is 183 Å². The van der Waals surface area contributed by atoms with Crippen molar-refractivity contribution in [1.29, 1.82) is 5.26 Å². The summed E-state index contributed by atoms with van der Waals surface area (Å²) < 4.78 is 0. The average Bonchev–Trinajstić information content (AvgIpc) is 3.11. The topological polar surface area (TPSA) is 89.4 Å². The molecule has 0 atom stereocenters. The highest BCUT2D eigenvalue weighted by atomic mass is 15.1. The number of nitrogens with one attached hydrogen (secondary N) is 3. The second kappa shape index (κ2) is 7.82. The third kappa shape index (κ3) is 4.62. The van der Waals surface area contributed by atoms with Gasteiger partial charge >= 0.3 is 0 Å². The summed E-state index contributed by atoms with van der Waals surface area (Å²) in [5.41, 5.74) is 4.67. The fourth-order valence-corrected chi connectivity index (χ4v) is 4.96. The van der Waals surface area contributed by atoms with E-state index in [1.165, 1.54) is 0 Å². The van der Waals surface area contributed by atoms with Gasteiger partial charge in [-0.05, 0) is 65.2 Å². The molecule has 2 aromatic heterocycles. The first kappa shape index (κ1) is 21.1. The third-order valence-corrected chi connectivity index (χ3v) is 5.75. The second-order valence-corrected chi connectivity index (χ2v) is 9.82. The van der Waals surface area contributed by atoms with Gasteiger partial charge in [0.05, 0.1) is 17.3 Å². The summed E-state index contributed by atoms with van der Waals surface area (Å²) in [5, 5.41) is 17.5. The zero-order valence-corrected chi connectivity index (χ0v) is 18.9. The van der Waals surface area contributed by atoms with E-state index >= 15 is 0 Å². The molecule has 1 aliphatic heterocycles. The van der Waals surface area contributed by atoms with Gasteiger partial charge in [0, 0.05) is 46.0 Å². The molecule has 1 aromatic carbocycles. The van der Waals surface area contributed by atoms with Gasteiger partial charge in [0.25, 0.3) is 0 Å². The van der Waals surface area contributed by atoms with E-state index in [1.54, 1.807) is 0 Å². The maximum absolute atomic E-state index is 9.12. The van der Waals surface area contributed by atoms with Crippen LogP contribution in [0.15, 0.2) is 42.2 Å². The molecule has 0 radical (unpaired) electrons. The van der Waals surface area contributed by atoms with Crippen LogP contribution >= 0.6 is 0 Å². The van der Waals surface area contributed by atoms with Crippen LogP contribution in [0.5, 0.6) is 0 Å². The number of hydrogen-bond acceptors (Lipinski definition) is 5. The predicted octanol–water partition coefficient (Wildman–Crippen LogP) is 5.27. The van der Waals surface area contributed by atoms with E-state index in [1.807, 2.05) is 43.6 Å². The number of H-pyrrole nitrogens is 1. The third-order valence-electron chi connectivity index (χ3n) is 5.75. The molecule has 1 aliphatic rings. The number of nitriles is 1. The van der Waals surface area contributed by atoms with Crippen molar-refractivity contribution >= 4 is 22.9 Å². The Morgan fingerprint density at radius 1 is 1.19 bits per heavy atom. The van der Waals surface area contributed by atoms with Crippen LogP contribution in [-0.2, 0) is 0 Å². The summed E-state index contributed by atoms with van der Waals surface area (Å²) in [5.74, 6) is 0.654. The molecule has 1 saturated heterocycles. The van der Waals surface area contributed by atoms with Gasteiger partial charge in [-0.2, -0.15) is 5.26 Å². The largest absolute Gasteiger partial charge is 0.360 e. The molecular formula is C25H30N6. The normalized spacial score (nSPS) is 18.6. The number of hydrogen-bond donors (Lipinski definition) is 3. The van der Waals surface area contributed by atoms with E-state index in [9.17, 15) is 0 Å². The van der Waals surface area contributed by atoms with Crippen molar-refractivity contribution in [2.45, 2.75) is 64.6 Å². The fourth-order valence-electron chi connectivity index (χ4n) is 4.96. The number of fused-ring (bicyclic) bond motifs is 1. The predicted molar refractivity (Wildman–Crippen MR) is 127 cm³/mol. The number of rotatable bonds is 4. The molecule has 0 aliphatic carbocycles. The maximum atomic E-state index is 9.12. The molecule has 0 saturated carbocycles. The van der Waals surface area contributed by atoms with Gasteiger partial charge in [0.2, 0.25) is 5.95 Å². The number of aromatic amines is 1. The van der Waals surface area contributed by atoms with Crippen molar-refractivity contribution in [1.82, 2.24) is 20.3 Å². The van der Waals surface area contributed by atoms with Gasteiger partial charge in [0.1, 0.15) is 0 Å². The van der Waals surface area contributed by atoms with Crippen molar-refractivity contribution in [2.75, 3.05) is 5.32 Å². The molecule has 0 unspecified atom stereocenters. The molecular weight excluding hydrogens is 384 g/mol. The summed E-state index contributed by atoms with van der Waals surface area (Å²) >= 11 is 0. The second-order valence-electron chi connectivity index (χ2n) is 9.82. The first-order valence-corrected chi connectivity index (χ1v) is 10.7. The Morgan fingerprint density at radius 3 is 2.65 bits per heavy atom. The molecule has 3 aromatic rings. The van der Waals surface area contributed by atoms with Crippen LogP contribution in [0.25, 0.3) is 28.2 Å². The lowest BCUT2D eigenvalue weighted by atomic mass is 9.80. The molecule has 31 heavy (non-hydrogen) atoms. The lowest BCUT2D eigenvalue weighted by Gasteiger charge is -2.46. The van der Waals surface area contributed by atoms with E-state index < -0.39 is 0 Å². The zero-order chi connectivity index (χ0) is 22.2. The molecule has 6 nitrogen and oxygen atoms in total. The van der Waals surface area contributed by atoms with Gasteiger partial charge in [-0.15, -0.1) is 0 Å². The van der Waals surface area contributed by atoms with Crippen LogP contribution < -0.4 is 10.6 Å². The van der Waals surface area contributed by atoms with E-state index in [4.69, 9.17) is 10.2 Å². The first-order valence-electron chi connectivity index (χ1n) is 10.7. The number of piperidine rings is 1. The molecule has 0 bridgehead atoms. The number of para-hydroxylation sites is 1. The van der Waals surface area contributed by atoms with E-state index in [0.29, 0.717) is 17.6 Å². The molecule has 1 fully saturated rings. The first-order chi connectivity index (χ1) is 14.7. The van der Waals surface area contributed by atoms with Crippen LogP contribution in [-0.4, -0.2) is 32.1 Å². The summed E-state index contributed by atoms with van der Waals surface area (Å²) in [7, 11) is 0. The van der Waals surface area contributed by atoms with E-state index in [-0.39, 0.29) is 11.1 Å². The van der Waals surface area contributed by atoms with Crippen molar-refractivity contribution in [3.8, 4) is 17.3 Å². The molecule has 3 heterocycles. The number of benzene rings is 1. The molecule has 160 valence electrons. The summed E-state index contributed by atoms with van der Waals surface area (Å²) in [6, 6.07) is 10.5. The highest BCUT2D eigenvalue weighted by Crippen LogP contribution is 2.32. The SMILES string of the molecule is CC(C#N)=Cc1cccc2c(-c3ccnc(NC4CC(C)(C)NC(C)(C)C4)n3)c[nH]c12. The van der Waals surface area contributed by atoms with E-state index in [2.05, 4.69) is 60.4 Å². The van der Waals surface area contributed by atoms with E-state index in [0.717, 1.165) is 40.6 Å². The van der Waals surface area contributed by atoms with Gasteiger partial charge in [-0.3, -0.25) is 0 Å². The Kier molecular flexibility index (Phi) is 5.32. The van der Waals surface area contributed by atoms with Crippen molar-refractivity contribution in [3.05, 3.63) is 47.8 Å². The smallest absolute Gasteiger partial charge is 0.223 e. The van der Waals surface area contributed by atoms with Crippen LogP contribution in [0.3, 0.4) is 0 Å². The molecule has 3 N–H and O–H groups in total. The lowest BCUT2D eigenvalue weighted by molar-refractivity contribution is 0.170. The zero-order valence-electron chi connectivity index (χ0n) is 18.9. The molecule has 0 amide bonds. The molecule has 6 heteroatoms. The fraction of sp³-hybridized carbons (Fsp3) is 0.400. The average molecular weight is 415 g/mol. The minimum absolute atomic E-state index is 0.0549.